The predicted molar refractivity (Wildman–Crippen MR) is 86.5 cm³/mol. The average Bonchev–Trinajstić information content (AvgIpc) is 2.53. The summed E-state index contributed by atoms with van der Waals surface area (Å²) in [5.41, 5.74) is 1.27. The maximum absolute atomic E-state index is 11.4. The first-order chi connectivity index (χ1) is 11.4. The first kappa shape index (κ1) is 15.4. The van der Waals surface area contributed by atoms with Gasteiger partial charge in [-0.05, 0) is 42.8 Å². The van der Waals surface area contributed by atoms with Gasteiger partial charge in [0.15, 0.2) is 0 Å². The zero-order valence-electron chi connectivity index (χ0n) is 12.6. The van der Waals surface area contributed by atoms with Gasteiger partial charge >= 0.3 is 11.6 Å². The largest absolute Gasteiger partial charge is 0.505 e. The lowest BCUT2D eigenvalue weighted by Gasteiger charge is -2.03. The number of hydrogen-bond acceptors (Lipinski definition) is 6. The van der Waals surface area contributed by atoms with E-state index < -0.39 is 11.6 Å². The Hall–Kier alpha value is -3.48. The molecule has 0 radical (unpaired) electrons. The molecule has 120 valence electrons. The number of aromatic carboxylic acids is 1. The molecular formula is C17H12N2O5. The molecule has 0 bridgehead atoms. The Bertz CT molecular complexity index is 1020. The molecule has 0 aliphatic heterocycles. The Labute approximate surface area is 135 Å². The summed E-state index contributed by atoms with van der Waals surface area (Å²) in [5.74, 6) is -1.20. The van der Waals surface area contributed by atoms with Gasteiger partial charge in [0.25, 0.3) is 0 Å². The van der Waals surface area contributed by atoms with Gasteiger partial charge in [-0.15, -0.1) is 5.11 Å². The lowest BCUT2D eigenvalue weighted by Crippen LogP contribution is -1.97. The van der Waals surface area contributed by atoms with Crippen LogP contribution in [0.4, 0.5) is 11.4 Å². The van der Waals surface area contributed by atoms with Crippen molar-refractivity contribution in [1.82, 2.24) is 0 Å². The summed E-state index contributed by atoms with van der Waals surface area (Å²) in [5, 5.41) is 27.4. The zero-order valence-corrected chi connectivity index (χ0v) is 12.6. The van der Waals surface area contributed by atoms with E-state index in [1.54, 1.807) is 13.0 Å². The van der Waals surface area contributed by atoms with E-state index in [4.69, 9.17) is 9.52 Å². The number of aromatic hydroxyl groups is 1. The molecule has 0 unspecified atom stereocenters. The van der Waals surface area contributed by atoms with E-state index in [1.165, 1.54) is 36.4 Å². The SMILES string of the molecule is Cc1cc(=O)oc2cc(O)c(N=Nc3ccc(C(=O)O)cc3)cc12. The molecule has 0 aliphatic rings. The minimum Gasteiger partial charge on any atom is -0.505 e. The molecule has 0 aliphatic carbocycles. The van der Waals surface area contributed by atoms with E-state index in [9.17, 15) is 14.7 Å². The second kappa shape index (κ2) is 5.96. The molecule has 0 saturated heterocycles. The maximum Gasteiger partial charge on any atom is 0.336 e. The van der Waals surface area contributed by atoms with Gasteiger partial charge in [0.05, 0.1) is 11.3 Å². The number of fused-ring (bicyclic) bond motifs is 1. The number of carbonyl (C=O) groups is 1. The second-order valence-electron chi connectivity index (χ2n) is 5.14. The fraction of sp³-hybridized carbons (Fsp3) is 0.0588. The molecule has 0 amide bonds. The zero-order chi connectivity index (χ0) is 17.3. The summed E-state index contributed by atoms with van der Waals surface area (Å²) < 4.78 is 5.03. The van der Waals surface area contributed by atoms with Crippen LogP contribution in [-0.4, -0.2) is 16.2 Å². The molecule has 7 heteroatoms. The van der Waals surface area contributed by atoms with Crippen molar-refractivity contribution in [2.45, 2.75) is 6.92 Å². The monoisotopic (exact) mass is 324 g/mol. The van der Waals surface area contributed by atoms with Crippen molar-refractivity contribution in [1.29, 1.82) is 0 Å². The smallest absolute Gasteiger partial charge is 0.336 e. The number of aryl methyl sites for hydroxylation is 1. The summed E-state index contributed by atoms with van der Waals surface area (Å²) in [6.07, 6.45) is 0. The predicted octanol–water partition coefficient (Wildman–Crippen LogP) is 3.92. The van der Waals surface area contributed by atoms with Gasteiger partial charge < -0.3 is 14.6 Å². The van der Waals surface area contributed by atoms with Crippen molar-refractivity contribution in [3.63, 3.8) is 0 Å². The number of phenolic OH excluding ortho intramolecular Hbond substituents is 1. The van der Waals surface area contributed by atoms with Crippen LogP contribution in [0.15, 0.2) is 61.9 Å². The summed E-state index contributed by atoms with van der Waals surface area (Å²) in [6.45, 7) is 1.75. The van der Waals surface area contributed by atoms with E-state index in [1.807, 2.05) is 0 Å². The van der Waals surface area contributed by atoms with Crippen LogP contribution < -0.4 is 5.63 Å². The van der Waals surface area contributed by atoms with Crippen LogP contribution in [0.2, 0.25) is 0 Å². The van der Waals surface area contributed by atoms with Crippen molar-refractivity contribution in [2.75, 3.05) is 0 Å². The minimum atomic E-state index is -1.03. The topological polar surface area (TPSA) is 112 Å². The summed E-state index contributed by atoms with van der Waals surface area (Å²) in [4.78, 5) is 22.2. The number of hydrogen-bond donors (Lipinski definition) is 2. The Kier molecular flexibility index (Phi) is 3.83. The number of nitrogens with zero attached hydrogens (tertiary/aromatic N) is 2. The van der Waals surface area contributed by atoms with Crippen LogP contribution in [0.3, 0.4) is 0 Å². The number of carboxylic acids is 1. The number of azo groups is 1. The lowest BCUT2D eigenvalue weighted by molar-refractivity contribution is 0.0697. The molecular weight excluding hydrogens is 312 g/mol. The van der Waals surface area contributed by atoms with Gasteiger partial charge in [-0.3, -0.25) is 0 Å². The highest BCUT2D eigenvalue weighted by Gasteiger charge is 2.08. The fourth-order valence-electron chi connectivity index (χ4n) is 2.20. The van der Waals surface area contributed by atoms with Gasteiger partial charge in [0, 0.05) is 17.5 Å². The van der Waals surface area contributed by atoms with Crippen molar-refractivity contribution in [3.05, 3.63) is 64.0 Å². The van der Waals surface area contributed by atoms with Gasteiger partial charge in [0.2, 0.25) is 0 Å². The van der Waals surface area contributed by atoms with Gasteiger partial charge in [-0.2, -0.15) is 5.11 Å². The first-order valence-corrected chi connectivity index (χ1v) is 6.96. The molecule has 0 fully saturated rings. The molecule has 2 N–H and O–H groups in total. The van der Waals surface area contributed by atoms with Crippen LogP contribution >= 0.6 is 0 Å². The van der Waals surface area contributed by atoms with Gasteiger partial charge in [-0.25, -0.2) is 9.59 Å². The molecule has 24 heavy (non-hydrogen) atoms. The highest BCUT2D eigenvalue weighted by atomic mass is 16.4. The fourth-order valence-corrected chi connectivity index (χ4v) is 2.20. The van der Waals surface area contributed by atoms with Crippen LogP contribution in [-0.2, 0) is 0 Å². The number of rotatable bonds is 3. The Morgan fingerprint density at radius 2 is 1.79 bits per heavy atom. The minimum absolute atomic E-state index is 0.146. The van der Waals surface area contributed by atoms with Crippen molar-refractivity contribution >= 4 is 28.3 Å². The lowest BCUT2D eigenvalue weighted by atomic mass is 10.1. The molecule has 0 atom stereocenters. The summed E-state index contributed by atoms with van der Waals surface area (Å²) in [6, 6.07) is 10.1. The molecule has 2 aromatic carbocycles. The number of benzene rings is 2. The first-order valence-electron chi connectivity index (χ1n) is 6.96. The standard InChI is InChI=1S/C17H12N2O5/c1-9-6-16(21)24-15-8-14(20)13(7-12(9)15)19-18-11-4-2-10(3-5-11)17(22)23/h2-8,20H,1H3,(H,22,23). The van der Waals surface area contributed by atoms with Crippen LogP contribution in [0.25, 0.3) is 11.0 Å². The van der Waals surface area contributed by atoms with Crippen LogP contribution in [0.1, 0.15) is 15.9 Å². The van der Waals surface area contributed by atoms with Crippen LogP contribution in [0.5, 0.6) is 5.75 Å². The third kappa shape index (κ3) is 3.00. The summed E-state index contributed by atoms with van der Waals surface area (Å²) >= 11 is 0. The maximum atomic E-state index is 11.4. The second-order valence-corrected chi connectivity index (χ2v) is 5.14. The van der Waals surface area contributed by atoms with Crippen LogP contribution in [0, 0.1) is 6.92 Å². The van der Waals surface area contributed by atoms with Crippen molar-refractivity contribution in [3.8, 4) is 5.75 Å². The molecule has 0 spiro atoms. The normalized spacial score (nSPS) is 11.2. The third-order valence-corrected chi connectivity index (χ3v) is 3.43. The number of carboxylic acid groups (broad SMARTS) is 1. The molecule has 7 nitrogen and oxygen atoms in total. The van der Waals surface area contributed by atoms with Crippen molar-refractivity contribution in [2.24, 2.45) is 10.2 Å². The molecule has 3 aromatic rings. The highest BCUT2D eigenvalue weighted by Crippen LogP contribution is 2.33. The van der Waals surface area contributed by atoms with Gasteiger partial charge in [0.1, 0.15) is 17.0 Å². The van der Waals surface area contributed by atoms with Gasteiger partial charge in [-0.1, -0.05) is 0 Å². The molecule has 3 rings (SSSR count). The third-order valence-electron chi connectivity index (χ3n) is 3.43. The van der Waals surface area contributed by atoms with E-state index in [0.29, 0.717) is 16.6 Å². The van der Waals surface area contributed by atoms with E-state index >= 15 is 0 Å². The average molecular weight is 324 g/mol. The molecule has 1 heterocycles. The Morgan fingerprint density at radius 1 is 1.08 bits per heavy atom. The van der Waals surface area contributed by atoms with E-state index in [2.05, 4.69) is 10.2 Å². The van der Waals surface area contributed by atoms with Crippen molar-refractivity contribution < 1.29 is 19.4 Å². The summed E-state index contributed by atoms with van der Waals surface area (Å²) in [7, 11) is 0. The highest BCUT2D eigenvalue weighted by molar-refractivity contribution is 5.88. The quantitative estimate of drug-likeness (QED) is 0.560. The Balaban J connectivity index is 1.98. The Morgan fingerprint density at radius 3 is 2.46 bits per heavy atom. The molecule has 0 saturated carbocycles. The van der Waals surface area contributed by atoms with E-state index in [-0.39, 0.29) is 22.6 Å². The number of phenols is 1. The molecule has 1 aromatic heterocycles. The van der Waals surface area contributed by atoms with E-state index in [0.717, 1.165) is 0 Å².